The highest BCUT2D eigenvalue weighted by Crippen LogP contribution is 2.18. The maximum absolute atomic E-state index is 12.2. The fraction of sp³-hybridized carbons (Fsp3) is 0.333. The van der Waals surface area contributed by atoms with Crippen molar-refractivity contribution in [3.05, 3.63) is 29.8 Å². The molecule has 3 amide bonds. The van der Waals surface area contributed by atoms with E-state index in [0.29, 0.717) is 17.8 Å². The lowest BCUT2D eigenvalue weighted by Gasteiger charge is -2.37. The number of nitriles is 1. The molecule has 1 aromatic carbocycles. The molecule has 7 heteroatoms. The molecule has 1 aliphatic rings. The van der Waals surface area contributed by atoms with E-state index in [1.54, 1.807) is 24.3 Å². The van der Waals surface area contributed by atoms with Gasteiger partial charge in [0, 0.05) is 13.6 Å². The second kappa shape index (κ2) is 6.37. The second-order valence-corrected chi connectivity index (χ2v) is 4.94. The SMILES string of the molecule is CCCN1C(=O)N(C)C(=O)C(=Nc2ccc(C#N)cc2)C1N. The molecule has 114 valence electrons. The molecule has 0 aliphatic carbocycles. The van der Waals surface area contributed by atoms with Crippen LogP contribution in [0, 0.1) is 11.3 Å². The maximum Gasteiger partial charge on any atom is 0.328 e. The molecule has 0 bridgehead atoms. The predicted molar refractivity (Wildman–Crippen MR) is 81.4 cm³/mol. The molecule has 1 saturated heterocycles. The first-order valence-corrected chi connectivity index (χ1v) is 6.92. The van der Waals surface area contributed by atoms with Crippen LogP contribution in [0.25, 0.3) is 0 Å². The number of hydrogen-bond donors (Lipinski definition) is 1. The number of imide groups is 1. The highest BCUT2D eigenvalue weighted by atomic mass is 16.2. The van der Waals surface area contributed by atoms with Crippen LogP contribution < -0.4 is 5.73 Å². The molecule has 1 aromatic rings. The van der Waals surface area contributed by atoms with E-state index >= 15 is 0 Å². The van der Waals surface area contributed by atoms with Crippen LogP contribution in [0.2, 0.25) is 0 Å². The highest BCUT2D eigenvalue weighted by Gasteiger charge is 2.39. The number of nitrogens with two attached hydrogens (primary N) is 1. The standard InChI is InChI=1S/C15H17N5O2/c1-3-8-20-13(17)12(14(21)19(2)15(20)22)18-11-6-4-10(9-16)5-7-11/h4-7,13H,3,8,17H2,1-2H3. The number of aliphatic imine (C=N–C) groups is 1. The van der Waals surface area contributed by atoms with Gasteiger partial charge >= 0.3 is 6.03 Å². The summed E-state index contributed by atoms with van der Waals surface area (Å²) in [7, 11) is 1.41. The van der Waals surface area contributed by atoms with Crippen LogP contribution in [0.5, 0.6) is 0 Å². The van der Waals surface area contributed by atoms with Crippen molar-refractivity contribution in [1.29, 1.82) is 5.26 Å². The summed E-state index contributed by atoms with van der Waals surface area (Å²) in [5, 5.41) is 8.78. The Morgan fingerprint density at radius 1 is 1.32 bits per heavy atom. The van der Waals surface area contributed by atoms with Crippen molar-refractivity contribution >= 4 is 23.3 Å². The van der Waals surface area contributed by atoms with E-state index in [-0.39, 0.29) is 5.71 Å². The third-order valence-electron chi connectivity index (χ3n) is 3.38. The molecule has 1 aliphatic heterocycles. The Morgan fingerprint density at radius 2 is 1.95 bits per heavy atom. The molecule has 2 N–H and O–H groups in total. The molecule has 1 unspecified atom stereocenters. The van der Waals surface area contributed by atoms with E-state index < -0.39 is 18.1 Å². The van der Waals surface area contributed by atoms with Crippen LogP contribution in [-0.4, -0.2) is 47.2 Å². The van der Waals surface area contributed by atoms with E-state index in [1.165, 1.54) is 11.9 Å². The number of hydrogen-bond acceptors (Lipinski definition) is 5. The van der Waals surface area contributed by atoms with Gasteiger partial charge in [-0.25, -0.2) is 9.79 Å². The van der Waals surface area contributed by atoms with Crippen molar-refractivity contribution in [2.45, 2.75) is 19.5 Å². The number of benzene rings is 1. The van der Waals surface area contributed by atoms with Gasteiger partial charge in [-0.2, -0.15) is 5.26 Å². The third kappa shape index (κ3) is 2.82. The predicted octanol–water partition coefficient (Wildman–Crippen LogP) is 1.22. The van der Waals surface area contributed by atoms with Crippen LogP contribution in [0.4, 0.5) is 10.5 Å². The van der Waals surface area contributed by atoms with Crippen LogP contribution >= 0.6 is 0 Å². The summed E-state index contributed by atoms with van der Waals surface area (Å²) in [6, 6.07) is 8.07. The minimum atomic E-state index is -0.869. The normalized spacial score (nSPS) is 20.5. The van der Waals surface area contributed by atoms with Gasteiger partial charge in [-0.15, -0.1) is 0 Å². The van der Waals surface area contributed by atoms with E-state index in [0.717, 1.165) is 11.3 Å². The minimum Gasteiger partial charge on any atom is -0.306 e. The molecule has 0 aromatic heterocycles. The highest BCUT2D eigenvalue weighted by molar-refractivity contribution is 6.44. The molecular weight excluding hydrogens is 282 g/mol. The minimum absolute atomic E-state index is 0.111. The summed E-state index contributed by atoms with van der Waals surface area (Å²) in [4.78, 5) is 31.0. The number of rotatable bonds is 3. The lowest BCUT2D eigenvalue weighted by molar-refractivity contribution is -0.122. The number of carbonyl (C=O) groups is 2. The summed E-state index contributed by atoms with van der Waals surface area (Å²) in [6.07, 6.45) is -0.141. The largest absolute Gasteiger partial charge is 0.328 e. The zero-order valence-corrected chi connectivity index (χ0v) is 12.5. The molecule has 0 saturated carbocycles. The maximum atomic E-state index is 12.2. The first-order chi connectivity index (χ1) is 10.5. The summed E-state index contributed by atoms with van der Waals surface area (Å²) < 4.78 is 0. The van der Waals surface area contributed by atoms with Gasteiger partial charge in [-0.3, -0.25) is 9.69 Å². The molecule has 1 atom stereocenters. The Morgan fingerprint density at radius 3 is 2.50 bits per heavy atom. The smallest absolute Gasteiger partial charge is 0.306 e. The lowest BCUT2D eigenvalue weighted by Crippen LogP contribution is -2.64. The van der Waals surface area contributed by atoms with Gasteiger partial charge in [0.1, 0.15) is 11.9 Å². The van der Waals surface area contributed by atoms with Crippen molar-refractivity contribution in [1.82, 2.24) is 9.80 Å². The summed E-state index contributed by atoms with van der Waals surface area (Å²) in [6.45, 7) is 2.37. The average molecular weight is 299 g/mol. The van der Waals surface area contributed by atoms with Crippen LogP contribution in [-0.2, 0) is 4.79 Å². The third-order valence-corrected chi connectivity index (χ3v) is 3.38. The van der Waals surface area contributed by atoms with Gasteiger partial charge in [0.15, 0.2) is 0 Å². The Hall–Kier alpha value is -2.72. The van der Waals surface area contributed by atoms with E-state index in [2.05, 4.69) is 4.99 Å². The Balaban J connectivity index is 2.37. The fourth-order valence-electron chi connectivity index (χ4n) is 2.18. The van der Waals surface area contributed by atoms with Crippen molar-refractivity contribution in [3.63, 3.8) is 0 Å². The van der Waals surface area contributed by atoms with Gasteiger partial charge in [-0.05, 0) is 30.7 Å². The van der Waals surface area contributed by atoms with Crippen LogP contribution in [0.15, 0.2) is 29.3 Å². The first-order valence-electron chi connectivity index (χ1n) is 6.92. The quantitative estimate of drug-likeness (QED) is 0.906. The summed E-state index contributed by atoms with van der Waals surface area (Å²) in [5.41, 5.74) is 7.16. The van der Waals surface area contributed by atoms with E-state index in [1.807, 2.05) is 13.0 Å². The molecule has 7 nitrogen and oxygen atoms in total. The Labute approximate surface area is 128 Å². The van der Waals surface area contributed by atoms with Crippen molar-refractivity contribution < 1.29 is 9.59 Å². The number of urea groups is 1. The second-order valence-electron chi connectivity index (χ2n) is 4.94. The van der Waals surface area contributed by atoms with Gasteiger partial charge in [0.05, 0.1) is 17.3 Å². The molecule has 22 heavy (non-hydrogen) atoms. The average Bonchev–Trinajstić information content (AvgIpc) is 2.54. The summed E-state index contributed by atoms with van der Waals surface area (Å²) in [5.74, 6) is -0.505. The number of carbonyl (C=O) groups excluding carboxylic acids is 2. The fourth-order valence-corrected chi connectivity index (χ4v) is 2.18. The van der Waals surface area contributed by atoms with Gasteiger partial charge in [0.2, 0.25) is 0 Å². The van der Waals surface area contributed by atoms with Gasteiger partial charge in [-0.1, -0.05) is 6.92 Å². The lowest BCUT2D eigenvalue weighted by atomic mass is 10.1. The van der Waals surface area contributed by atoms with Gasteiger partial charge < -0.3 is 10.6 Å². The molecular formula is C15H17N5O2. The number of amides is 3. The number of nitrogens with zero attached hydrogens (tertiary/aromatic N) is 4. The van der Waals surface area contributed by atoms with Crippen molar-refractivity contribution in [3.8, 4) is 6.07 Å². The van der Waals surface area contributed by atoms with E-state index in [4.69, 9.17) is 11.0 Å². The molecule has 1 heterocycles. The van der Waals surface area contributed by atoms with Crippen LogP contribution in [0.3, 0.4) is 0 Å². The molecule has 1 fully saturated rings. The summed E-state index contributed by atoms with van der Waals surface area (Å²) >= 11 is 0. The topological polar surface area (TPSA) is 103 Å². The zero-order valence-electron chi connectivity index (χ0n) is 12.5. The Bertz CT molecular complexity index is 660. The molecule has 0 radical (unpaired) electrons. The van der Waals surface area contributed by atoms with Crippen molar-refractivity contribution in [2.75, 3.05) is 13.6 Å². The zero-order chi connectivity index (χ0) is 16.3. The van der Waals surface area contributed by atoms with Crippen molar-refractivity contribution in [2.24, 2.45) is 10.7 Å². The van der Waals surface area contributed by atoms with Gasteiger partial charge in [0.25, 0.3) is 5.91 Å². The molecule has 2 rings (SSSR count). The van der Waals surface area contributed by atoms with E-state index in [9.17, 15) is 9.59 Å². The Kier molecular flexibility index (Phi) is 4.53. The van der Waals surface area contributed by atoms with Crippen LogP contribution in [0.1, 0.15) is 18.9 Å². The monoisotopic (exact) mass is 299 g/mol. The first kappa shape index (κ1) is 15.7. The molecule has 0 spiro atoms.